The third-order valence-corrected chi connectivity index (χ3v) is 6.91. The summed E-state index contributed by atoms with van der Waals surface area (Å²) in [5, 5.41) is 15.5. The summed E-state index contributed by atoms with van der Waals surface area (Å²) in [5.41, 5.74) is 0.741. The minimum atomic E-state index is -0.645. The van der Waals surface area contributed by atoms with Gasteiger partial charge in [0.1, 0.15) is 11.2 Å². The summed E-state index contributed by atoms with van der Waals surface area (Å²) in [6.45, 7) is 11.2. The Morgan fingerprint density at radius 1 is 1.15 bits per heavy atom. The van der Waals surface area contributed by atoms with E-state index in [1.54, 1.807) is 31.3 Å². The summed E-state index contributed by atoms with van der Waals surface area (Å²) in [6, 6.07) is 6.34. The van der Waals surface area contributed by atoms with E-state index in [2.05, 4.69) is 25.8 Å². The second-order valence-corrected chi connectivity index (χ2v) is 11.2. The molecule has 216 valence electrons. The monoisotopic (exact) mass is 579 g/mol. The van der Waals surface area contributed by atoms with Crippen molar-refractivity contribution in [1.29, 1.82) is 0 Å². The summed E-state index contributed by atoms with van der Waals surface area (Å²) in [4.78, 5) is 44.9. The zero-order chi connectivity index (χ0) is 30.1. The van der Waals surface area contributed by atoms with Crippen LogP contribution in [-0.2, 0) is 0 Å². The van der Waals surface area contributed by atoms with E-state index in [-0.39, 0.29) is 45.6 Å². The van der Waals surface area contributed by atoms with E-state index in [1.165, 1.54) is 28.7 Å². The van der Waals surface area contributed by atoms with Gasteiger partial charge in [-0.25, -0.2) is 14.3 Å². The van der Waals surface area contributed by atoms with Gasteiger partial charge in [0.2, 0.25) is 5.88 Å². The van der Waals surface area contributed by atoms with Crippen molar-refractivity contribution in [1.82, 2.24) is 29.9 Å². The topological polar surface area (TPSA) is 133 Å². The number of anilines is 1. The quantitative estimate of drug-likeness (QED) is 0.269. The molecule has 0 fully saturated rings. The van der Waals surface area contributed by atoms with Crippen molar-refractivity contribution in [2.75, 3.05) is 12.4 Å². The van der Waals surface area contributed by atoms with Crippen LogP contribution in [0.15, 0.2) is 36.7 Å². The van der Waals surface area contributed by atoms with Crippen LogP contribution in [0.1, 0.15) is 78.7 Å². The number of amides is 2. The molecule has 2 N–H and O–H groups in total. The molecule has 0 spiro atoms. The number of methoxy groups -OCH3 is 1. The van der Waals surface area contributed by atoms with Gasteiger partial charge >= 0.3 is 0 Å². The minimum absolute atomic E-state index is 0.0826. The van der Waals surface area contributed by atoms with Gasteiger partial charge < -0.3 is 15.4 Å². The van der Waals surface area contributed by atoms with Crippen LogP contribution in [0.2, 0.25) is 5.02 Å². The molecule has 0 aliphatic rings. The summed E-state index contributed by atoms with van der Waals surface area (Å²) in [7, 11) is 1.43. The lowest BCUT2D eigenvalue weighted by molar-refractivity contribution is 0.0713. The number of nitrogens with one attached hydrogen (secondary N) is 2. The largest absolute Gasteiger partial charge is 0.480 e. The molecular weight excluding hydrogens is 546 g/mol. The van der Waals surface area contributed by atoms with Crippen molar-refractivity contribution in [3.63, 3.8) is 0 Å². The van der Waals surface area contributed by atoms with E-state index in [1.807, 2.05) is 34.6 Å². The van der Waals surface area contributed by atoms with Crippen molar-refractivity contribution in [2.45, 2.75) is 60.4 Å². The van der Waals surface area contributed by atoms with Crippen molar-refractivity contribution in [3.8, 4) is 11.7 Å². The van der Waals surface area contributed by atoms with Crippen LogP contribution >= 0.6 is 11.6 Å². The SMILES string of the molecule is CCCC(C)(C)C(=O)n1cc2cc(C)c(NC(=O)c3cc(OC)nn3-c3ncccc3Cl)c(C(=O)NC(C)C)c2n1. The average molecular weight is 580 g/mol. The van der Waals surface area contributed by atoms with Gasteiger partial charge in [-0.3, -0.25) is 14.4 Å². The van der Waals surface area contributed by atoms with Crippen LogP contribution in [0.5, 0.6) is 5.88 Å². The Labute approximate surface area is 243 Å². The number of hydrogen-bond acceptors (Lipinski definition) is 7. The summed E-state index contributed by atoms with van der Waals surface area (Å²) >= 11 is 6.35. The van der Waals surface area contributed by atoms with Crippen LogP contribution in [-0.4, -0.2) is 55.4 Å². The first kappa shape index (κ1) is 29.7. The van der Waals surface area contributed by atoms with Gasteiger partial charge in [0.15, 0.2) is 5.82 Å². The molecule has 0 radical (unpaired) electrons. The van der Waals surface area contributed by atoms with Crippen molar-refractivity contribution in [2.24, 2.45) is 5.41 Å². The summed E-state index contributed by atoms with van der Waals surface area (Å²) in [6.07, 6.45) is 4.67. The number of nitrogens with zero attached hydrogens (tertiary/aromatic N) is 5. The second-order valence-electron chi connectivity index (χ2n) is 10.8. The number of benzene rings is 1. The predicted octanol–water partition coefficient (Wildman–Crippen LogP) is 5.44. The number of aromatic nitrogens is 5. The molecule has 0 unspecified atom stereocenters. The summed E-state index contributed by atoms with van der Waals surface area (Å²) < 4.78 is 7.83. The highest BCUT2D eigenvalue weighted by molar-refractivity contribution is 6.32. The standard InChI is InChI=1S/C29H34ClN7O4/c1-8-11-29(5,6)28(40)36-15-18-13-17(4)23(22(24(18)35-36)27(39)32-16(2)3)33-26(38)20-14-21(41-7)34-37(20)25-19(30)10-9-12-31-25/h9-10,12-16H,8,11H2,1-7H3,(H,32,39)(H,33,38). The highest BCUT2D eigenvalue weighted by Crippen LogP contribution is 2.32. The fourth-order valence-electron chi connectivity index (χ4n) is 4.66. The molecule has 0 saturated carbocycles. The van der Waals surface area contributed by atoms with Crippen molar-refractivity contribution in [3.05, 3.63) is 58.5 Å². The smallest absolute Gasteiger partial charge is 0.274 e. The van der Waals surface area contributed by atoms with Crippen LogP contribution in [0.25, 0.3) is 16.7 Å². The highest BCUT2D eigenvalue weighted by Gasteiger charge is 2.31. The molecule has 0 saturated heterocycles. The van der Waals surface area contributed by atoms with E-state index in [4.69, 9.17) is 16.3 Å². The fraction of sp³-hybridized carbons (Fsp3) is 0.379. The number of pyridine rings is 1. The first-order valence-corrected chi connectivity index (χ1v) is 13.7. The molecule has 4 aromatic rings. The predicted molar refractivity (Wildman–Crippen MR) is 157 cm³/mol. The second kappa shape index (κ2) is 11.7. The highest BCUT2D eigenvalue weighted by atomic mass is 35.5. The Kier molecular flexibility index (Phi) is 8.48. The molecular formula is C29H34ClN7O4. The number of ether oxygens (including phenoxy) is 1. The lowest BCUT2D eigenvalue weighted by Gasteiger charge is -2.21. The lowest BCUT2D eigenvalue weighted by Crippen LogP contribution is -2.32. The van der Waals surface area contributed by atoms with Crippen molar-refractivity contribution >= 4 is 45.9 Å². The molecule has 0 atom stereocenters. The number of rotatable bonds is 9. The molecule has 0 bridgehead atoms. The molecule has 11 nitrogen and oxygen atoms in total. The van der Waals surface area contributed by atoms with Crippen LogP contribution < -0.4 is 15.4 Å². The van der Waals surface area contributed by atoms with Gasteiger partial charge in [0.25, 0.3) is 17.7 Å². The number of halogens is 1. The van der Waals surface area contributed by atoms with Crippen LogP contribution in [0.3, 0.4) is 0 Å². The Balaban J connectivity index is 1.85. The lowest BCUT2D eigenvalue weighted by atomic mass is 9.87. The minimum Gasteiger partial charge on any atom is -0.480 e. The molecule has 3 heterocycles. The molecule has 12 heteroatoms. The number of fused-ring (bicyclic) bond motifs is 1. The Bertz CT molecular complexity index is 1640. The Morgan fingerprint density at radius 3 is 2.51 bits per heavy atom. The first-order valence-electron chi connectivity index (χ1n) is 13.3. The van der Waals surface area contributed by atoms with E-state index < -0.39 is 17.2 Å². The average Bonchev–Trinajstić information content (AvgIpc) is 3.52. The molecule has 3 aromatic heterocycles. The normalized spacial score (nSPS) is 11.6. The number of carbonyl (C=O) groups excluding carboxylic acids is 3. The third kappa shape index (κ3) is 5.95. The van der Waals surface area contributed by atoms with Gasteiger partial charge in [-0.2, -0.15) is 5.10 Å². The summed E-state index contributed by atoms with van der Waals surface area (Å²) in [5.74, 6) is -0.790. The zero-order valence-corrected chi connectivity index (χ0v) is 25.0. The molecule has 0 aliphatic carbocycles. The van der Waals surface area contributed by atoms with E-state index >= 15 is 0 Å². The van der Waals surface area contributed by atoms with Crippen molar-refractivity contribution < 1.29 is 19.1 Å². The molecule has 0 aliphatic heterocycles. The van der Waals surface area contributed by atoms with Gasteiger partial charge in [-0.05, 0) is 51.0 Å². The molecule has 1 aromatic carbocycles. The Morgan fingerprint density at radius 2 is 1.88 bits per heavy atom. The maximum absolute atomic E-state index is 13.7. The molecule has 4 rings (SSSR count). The maximum Gasteiger partial charge on any atom is 0.274 e. The van der Waals surface area contributed by atoms with E-state index in [0.717, 1.165) is 6.42 Å². The van der Waals surface area contributed by atoms with Gasteiger partial charge in [0.05, 0.1) is 23.4 Å². The first-order chi connectivity index (χ1) is 19.4. The fourth-order valence-corrected chi connectivity index (χ4v) is 4.87. The number of aryl methyl sites for hydroxylation is 1. The molecule has 41 heavy (non-hydrogen) atoms. The zero-order valence-electron chi connectivity index (χ0n) is 24.2. The maximum atomic E-state index is 13.7. The third-order valence-electron chi connectivity index (χ3n) is 6.61. The van der Waals surface area contributed by atoms with Gasteiger partial charge in [-0.1, -0.05) is 38.8 Å². The number of carbonyl (C=O) groups is 3. The number of hydrogen-bond donors (Lipinski definition) is 2. The Hall–Kier alpha value is -4.25. The van der Waals surface area contributed by atoms with Crippen LogP contribution in [0, 0.1) is 12.3 Å². The van der Waals surface area contributed by atoms with Crippen LogP contribution in [0.4, 0.5) is 5.69 Å². The van der Waals surface area contributed by atoms with E-state index in [0.29, 0.717) is 22.9 Å². The van der Waals surface area contributed by atoms with E-state index in [9.17, 15) is 14.4 Å². The molecule has 2 amide bonds. The van der Waals surface area contributed by atoms with Gasteiger partial charge in [-0.15, -0.1) is 5.10 Å². The van der Waals surface area contributed by atoms with Gasteiger partial charge in [0, 0.05) is 35.3 Å².